The number of hydrogen-bond acceptors (Lipinski definition) is 5. The first-order chi connectivity index (χ1) is 8.22. The summed E-state index contributed by atoms with van der Waals surface area (Å²) in [5.41, 5.74) is 0.998. The van der Waals surface area contributed by atoms with Gasteiger partial charge < -0.3 is 20.3 Å². The summed E-state index contributed by atoms with van der Waals surface area (Å²) in [6.07, 6.45) is 0.409. The van der Waals surface area contributed by atoms with Gasteiger partial charge in [0, 0.05) is 12.3 Å². The molecular weight excluding hydrogens is 222 g/mol. The zero-order valence-electron chi connectivity index (χ0n) is 9.72. The van der Waals surface area contributed by atoms with Crippen LogP contribution in [0.5, 0.6) is 0 Å². The fraction of sp³-hybridized carbons (Fsp3) is 0.417. The van der Waals surface area contributed by atoms with E-state index in [-0.39, 0.29) is 19.3 Å². The first-order valence-corrected chi connectivity index (χ1v) is 5.38. The number of aliphatic hydroxyl groups excluding tert-OH is 2. The molecule has 0 aliphatic rings. The van der Waals surface area contributed by atoms with Gasteiger partial charge in [-0.25, -0.2) is 4.79 Å². The standard InChI is InChI=1S/C12H17NO4/c1-17-12(16)10-4-2-3-5-11(10)13-9(8-15)6-7-14/h2-5,9,13-15H,6-8H2,1H3. The van der Waals surface area contributed by atoms with Crippen LogP contribution < -0.4 is 5.32 Å². The van der Waals surface area contributed by atoms with Gasteiger partial charge in [0.25, 0.3) is 0 Å². The zero-order valence-corrected chi connectivity index (χ0v) is 9.72. The number of ether oxygens (including phenoxy) is 1. The Bertz CT molecular complexity index is 367. The number of carbonyl (C=O) groups is 1. The quantitative estimate of drug-likeness (QED) is 0.634. The van der Waals surface area contributed by atoms with Crippen LogP contribution in [-0.4, -0.2) is 42.5 Å². The fourth-order valence-electron chi connectivity index (χ4n) is 1.48. The van der Waals surface area contributed by atoms with Crippen LogP contribution in [0.2, 0.25) is 0 Å². The smallest absolute Gasteiger partial charge is 0.339 e. The van der Waals surface area contributed by atoms with E-state index in [1.54, 1.807) is 24.3 Å². The molecule has 0 bridgehead atoms. The van der Waals surface area contributed by atoms with Gasteiger partial charge in [0.2, 0.25) is 0 Å². The minimum Gasteiger partial charge on any atom is -0.465 e. The summed E-state index contributed by atoms with van der Waals surface area (Å²) in [6.45, 7) is -0.144. The molecule has 94 valence electrons. The maximum atomic E-state index is 11.5. The Hall–Kier alpha value is -1.59. The highest BCUT2D eigenvalue weighted by Gasteiger charge is 2.14. The van der Waals surface area contributed by atoms with Crippen molar-refractivity contribution in [3.63, 3.8) is 0 Å². The highest BCUT2D eigenvalue weighted by atomic mass is 16.5. The van der Waals surface area contributed by atoms with Crippen molar-refractivity contribution in [2.75, 3.05) is 25.6 Å². The number of anilines is 1. The molecule has 0 fully saturated rings. The summed E-state index contributed by atoms with van der Waals surface area (Å²) in [6, 6.07) is 6.60. The van der Waals surface area contributed by atoms with E-state index in [1.807, 2.05) is 0 Å². The van der Waals surface area contributed by atoms with Crippen molar-refractivity contribution in [1.29, 1.82) is 0 Å². The minimum atomic E-state index is -0.436. The highest BCUT2D eigenvalue weighted by molar-refractivity contribution is 5.95. The molecule has 3 N–H and O–H groups in total. The molecule has 1 atom stereocenters. The second-order valence-electron chi connectivity index (χ2n) is 3.57. The Labute approximate surface area is 100 Å². The average Bonchev–Trinajstić information content (AvgIpc) is 2.38. The molecule has 1 aromatic carbocycles. The van der Waals surface area contributed by atoms with E-state index in [2.05, 4.69) is 10.1 Å². The van der Waals surface area contributed by atoms with Crippen LogP contribution in [0.3, 0.4) is 0 Å². The Kier molecular flexibility index (Phi) is 5.45. The van der Waals surface area contributed by atoms with E-state index < -0.39 is 5.97 Å². The molecule has 1 aromatic rings. The predicted octanol–water partition coefficient (Wildman–Crippen LogP) is 0.628. The zero-order chi connectivity index (χ0) is 12.7. The number of methoxy groups -OCH3 is 1. The SMILES string of the molecule is COC(=O)c1ccccc1NC(CO)CCO. The fourth-order valence-corrected chi connectivity index (χ4v) is 1.48. The number of aliphatic hydroxyl groups is 2. The van der Waals surface area contributed by atoms with Crippen LogP contribution >= 0.6 is 0 Å². The molecule has 0 aromatic heterocycles. The van der Waals surface area contributed by atoms with Crippen molar-refractivity contribution in [3.8, 4) is 0 Å². The van der Waals surface area contributed by atoms with E-state index in [0.29, 0.717) is 17.7 Å². The van der Waals surface area contributed by atoms with E-state index in [1.165, 1.54) is 7.11 Å². The molecule has 0 heterocycles. The maximum absolute atomic E-state index is 11.5. The molecule has 0 aliphatic carbocycles. The third kappa shape index (κ3) is 3.72. The van der Waals surface area contributed by atoms with Gasteiger partial charge in [-0.15, -0.1) is 0 Å². The average molecular weight is 239 g/mol. The third-order valence-corrected chi connectivity index (χ3v) is 2.39. The lowest BCUT2D eigenvalue weighted by Crippen LogP contribution is -2.26. The van der Waals surface area contributed by atoms with E-state index in [0.717, 1.165) is 0 Å². The van der Waals surface area contributed by atoms with Crippen molar-refractivity contribution >= 4 is 11.7 Å². The number of rotatable bonds is 6. The van der Waals surface area contributed by atoms with Crippen LogP contribution in [-0.2, 0) is 4.74 Å². The molecule has 17 heavy (non-hydrogen) atoms. The monoisotopic (exact) mass is 239 g/mol. The molecule has 0 saturated carbocycles. The summed E-state index contributed by atoms with van der Waals surface area (Å²) in [5.74, 6) is -0.436. The van der Waals surface area contributed by atoms with E-state index >= 15 is 0 Å². The van der Waals surface area contributed by atoms with Crippen LogP contribution in [0, 0.1) is 0 Å². The largest absolute Gasteiger partial charge is 0.465 e. The summed E-state index contributed by atoms with van der Waals surface area (Å²) < 4.78 is 4.66. The van der Waals surface area contributed by atoms with Gasteiger partial charge in [-0.1, -0.05) is 12.1 Å². The maximum Gasteiger partial charge on any atom is 0.339 e. The summed E-state index contributed by atoms with van der Waals surface area (Å²) in [7, 11) is 1.32. The number of benzene rings is 1. The van der Waals surface area contributed by atoms with E-state index in [4.69, 9.17) is 10.2 Å². The molecule has 5 nitrogen and oxygen atoms in total. The van der Waals surface area contributed by atoms with Gasteiger partial charge >= 0.3 is 5.97 Å². The second kappa shape index (κ2) is 6.88. The number of esters is 1. The Morgan fingerprint density at radius 1 is 1.41 bits per heavy atom. The Morgan fingerprint density at radius 3 is 2.71 bits per heavy atom. The van der Waals surface area contributed by atoms with Gasteiger partial charge in [-0.2, -0.15) is 0 Å². The normalized spacial score (nSPS) is 11.9. The van der Waals surface area contributed by atoms with Gasteiger partial charge in [-0.3, -0.25) is 0 Å². The Balaban J connectivity index is 2.85. The summed E-state index contributed by atoms with van der Waals surface area (Å²) >= 11 is 0. The third-order valence-electron chi connectivity index (χ3n) is 2.39. The van der Waals surface area contributed by atoms with Crippen molar-refractivity contribution in [2.45, 2.75) is 12.5 Å². The molecule has 5 heteroatoms. The number of para-hydroxylation sites is 1. The Morgan fingerprint density at radius 2 is 2.12 bits per heavy atom. The van der Waals surface area contributed by atoms with Gasteiger partial charge in [0.1, 0.15) is 0 Å². The summed E-state index contributed by atoms with van der Waals surface area (Å²) in [5, 5.41) is 20.9. The van der Waals surface area contributed by atoms with Crippen LogP contribution in [0.15, 0.2) is 24.3 Å². The molecule has 0 aliphatic heterocycles. The van der Waals surface area contributed by atoms with Crippen molar-refractivity contribution < 1.29 is 19.7 Å². The molecule has 1 rings (SSSR count). The molecule has 0 spiro atoms. The first-order valence-electron chi connectivity index (χ1n) is 5.38. The second-order valence-corrected chi connectivity index (χ2v) is 3.57. The molecule has 0 radical (unpaired) electrons. The lowest BCUT2D eigenvalue weighted by atomic mass is 10.1. The van der Waals surface area contributed by atoms with Crippen LogP contribution in [0.1, 0.15) is 16.8 Å². The van der Waals surface area contributed by atoms with Gasteiger partial charge in [0.05, 0.1) is 25.3 Å². The van der Waals surface area contributed by atoms with Crippen molar-refractivity contribution in [3.05, 3.63) is 29.8 Å². The lowest BCUT2D eigenvalue weighted by molar-refractivity contribution is 0.0601. The van der Waals surface area contributed by atoms with E-state index in [9.17, 15) is 4.79 Å². The first kappa shape index (κ1) is 13.5. The molecular formula is C12H17NO4. The van der Waals surface area contributed by atoms with Gasteiger partial charge in [-0.05, 0) is 18.6 Å². The van der Waals surface area contributed by atoms with Gasteiger partial charge in [0.15, 0.2) is 0 Å². The number of hydrogen-bond donors (Lipinski definition) is 3. The minimum absolute atomic E-state index is 0.0291. The van der Waals surface area contributed by atoms with Crippen molar-refractivity contribution in [2.24, 2.45) is 0 Å². The number of carbonyl (C=O) groups excluding carboxylic acids is 1. The topological polar surface area (TPSA) is 78.8 Å². The van der Waals surface area contributed by atoms with Crippen molar-refractivity contribution in [1.82, 2.24) is 0 Å². The number of nitrogens with one attached hydrogen (secondary N) is 1. The van der Waals surface area contributed by atoms with Crippen LogP contribution in [0.4, 0.5) is 5.69 Å². The molecule has 0 amide bonds. The molecule has 0 saturated heterocycles. The summed E-state index contributed by atoms with van der Waals surface area (Å²) in [4.78, 5) is 11.5. The van der Waals surface area contributed by atoms with Crippen LogP contribution in [0.25, 0.3) is 0 Å². The molecule has 1 unspecified atom stereocenters. The highest BCUT2D eigenvalue weighted by Crippen LogP contribution is 2.17. The lowest BCUT2D eigenvalue weighted by Gasteiger charge is -2.18. The predicted molar refractivity (Wildman–Crippen MR) is 64.0 cm³/mol.